The van der Waals surface area contributed by atoms with Gasteiger partial charge in [-0.2, -0.15) is 0 Å². The molecule has 0 N–H and O–H groups in total. The first-order valence-corrected chi connectivity index (χ1v) is 11.2. The van der Waals surface area contributed by atoms with Gasteiger partial charge in [0.25, 0.3) is 5.91 Å². The number of rotatable bonds is 10. The van der Waals surface area contributed by atoms with Crippen LogP contribution in [0.1, 0.15) is 41.3 Å². The number of nitrogens with zero attached hydrogens (tertiary/aromatic N) is 2. The van der Waals surface area contributed by atoms with Crippen LogP contribution < -0.4 is 14.2 Å². The zero-order chi connectivity index (χ0) is 23.1. The normalized spacial score (nSPS) is 11.7. The summed E-state index contributed by atoms with van der Waals surface area (Å²) in [6.45, 7) is 4.62. The third kappa shape index (κ3) is 5.56. The topological polar surface area (TPSA) is 60.9 Å². The molecule has 8 heteroatoms. The molecule has 0 aliphatic heterocycles. The fraction of sp³-hybridized carbons (Fsp3) is 0.333. The Labute approximate surface area is 191 Å². The zero-order valence-electron chi connectivity index (χ0n) is 18.6. The van der Waals surface area contributed by atoms with Crippen molar-refractivity contribution in [2.45, 2.75) is 39.5 Å². The van der Waals surface area contributed by atoms with Crippen LogP contribution in [0.5, 0.6) is 17.2 Å². The monoisotopic (exact) mass is 458 g/mol. The lowest BCUT2D eigenvalue weighted by Gasteiger charge is -2.28. The Morgan fingerprint density at radius 1 is 1.12 bits per heavy atom. The minimum Gasteiger partial charge on any atom is -0.493 e. The molecule has 1 amide bonds. The van der Waals surface area contributed by atoms with E-state index in [0.717, 1.165) is 17.1 Å². The van der Waals surface area contributed by atoms with Crippen molar-refractivity contribution in [1.29, 1.82) is 0 Å². The van der Waals surface area contributed by atoms with E-state index in [4.69, 9.17) is 14.2 Å². The largest absolute Gasteiger partial charge is 0.493 e. The molecule has 1 atom stereocenters. The number of amides is 1. The van der Waals surface area contributed by atoms with Crippen LogP contribution in [0.3, 0.4) is 0 Å². The Bertz CT molecular complexity index is 1020. The van der Waals surface area contributed by atoms with E-state index in [-0.39, 0.29) is 24.4 Å². The molecule has 2 aromatic carbocycles. The van der Waals surface area contributed by atoms with Gasteiger partial charge in [-0.25, -0.2) is 9.37 Å². The van der Waals surface area contributed by atoms with Gasteiger partial charge in [0.2, 0.25) is 5.75 Å². The summed E-state index contributed by atoms with van der Waals surface area (Å²) in [5.41, 5.74) is 1.23. The Morgan fingerprint density at radius 3 is 2.38 bits per heavy atom. The van der Waals surface area contributed by atoms with Crippen molar-refractivity contribution < 1.29 is 23.4 Å². The standard InChI is InChI=1S/C24H27FN2O4S/c1-5-16(2)27(24(28)17-9-11-18(25)12-10-17)13-19-15-32-22(26-19)14-31-23-20(29-3)7-6-8-21(23)30-4/h6-12,15-16H,5,13-14H2,1-4H3/t16-/m0/s1. The minimum absolute atomic E-state index is 0.00629. The number of methoxy groups -OCH3 is 2. The molecular formula is C24H27FN2O4S. The summed E-state index contributed by atoms with van der Waals surface area (Å²) in [6, 6.07) is 11.0. The van der Waals surface area contributed by atoms with Gasteiger partial charge < -0.3 is 19.1 Å². The molecule has 0 unspecified atom stereocenters. The van der Waals surface area contributed by atoms with Gasteiger partial charge in [0, 0.05) is 17.0 Å². The summed E-state index contributed by atoms with van der Waals surface area (Å²) < 4.78 is 29.9. The number of thiazole rings is 1. The maximum atomic E-state index is 13.3. The van der Waals surface area contributed by atoms with E-state index in [9.17, 15) is 9.18 Å². The zero-order valence-corrected chi connectivity index (χ0v) is 19.4. The molecule has 0 bridgehead atoms. The third-order valence-corrected chi connectivity index (χ3v) is 6.00. The molecule has 0 spiro atoms. The van der Waals surface area contributed by atoms with Gasteiger partial charge in [-0.15, -0.1) is 11.3 Å². The Morgan fingerprint density at radius 2 is 1.78 bits per heavy atom. The first kappa shape index (κ1) is 23.5. The van der Waals surface area contributed by atoms with E-state index >= 15 is 0 Å². The van der Waals surface area contributed by atoms with E-state index in [2.05, 4.69) is 4.98 Å². The van der Waals surface area contributed by atoms with Crippen LogP contribution in [0.2, 0.25) is 0 Å². The van der Waals surface area contributed by atoms with Gasteiger partial charge in [0.1, 0.15) is 17.4 Å². The maximum Gasteiger partial charge on any atom is 0.254 e. The fourth-order valence-electron chi connectivity index (χ4n) is 3.16. The number of hydrogen-bond donors (Lipinski definition) is 0. The van der Waals surface area contributed by atoms with E-state index in [1.54, 1.807) is 31.3 Å². The van der Waals surface area contributed by atoms with Crippen LogP contribution in [-0.4, -0.2) is 36.1 Å². The second-order valence-electron chi connectivity index (χ2n) is 7.21. The number of ether oxygens (including phenoxy) is 3. The van der Waals surface area contributed by atoms with Crippen molar-refractivity contribution in [3.8, 4) is 17.2 Å². The Hall–Kier alpha value is -3.13. The molecule has 0 radical (unpaired) electrons. The van der Waals surface area contributed by atoms with Gasteiger partial charge in [-0.1, -0.05) is 13.0 Å². The molecule has 0 saturated heterocycles. The molecular weight excluding hydrogens is 431 g/mol. The summed E-state index contributed by atoms with van der Waals surface area (Å²) in [7, 11) is 3.15. The Kier molecular flexibility index (Phi) is 8.05. The van der Waals surface area contributed by atoms with Crippen molar-refractivity contribution in [3.05, 3.63) is 69.9 Å². The number of halogens is 1. The average molecular weight is 459 g/mol. The van der Waals surface area contributed by atoms with Gasteiger partial charge in [-0.3, -0.25) is 4.79 Å². The number of carbonyl (C=O) groups is 1. The van der Waals surface area contributed by atoms with Gasteiger partial charge in [0.05, 0.1) is 26.5 Å². The highest BCUT2D eigenvalue weighted by Gasteiger charge is 2.22. The number of carbonyl (C=O) groups excluding carboxylic acids is 1. The molecule has 0 saturated carbocycles. The minimum atomic E-state index is -0.368. The maximum absolute atomic E-state index is 13.3. The number of para-hydroxylation sites is 1. The van der Waals surface area contributed by atoms with Crippen molar-refractivity contribution in [2.24, 2.45) is 0 Å². The number of benzene rings is 2. The van der Waals surface area contributed by atoms with E-state index in [0.29, 0.717) is 29.4 Å². The fourth-order valence-corrected chi connectivity index (χ4v) is 3.86. The predicted molar refractivity (Wildman–Crippen MR) is 122 cm³/mol. The van der Waals surface area contributed by atoms with Crippen LogP contribution in [0.25, 0.3) is 0 Å². The van der Waals surface area contributed by atoms with Crippen LogP contribution in [0, 0.1) is 5.82 Å². The summed E-state index contributed by atoms with van der Waals surface area (Å²) in [4.78, 5) is 19.4. The average Bonchev–Trinajstić information content (AvgIpc) is 3.27. The van der Waals surface area contributed by atoms with E-state index < -0.39 is 0 Å². The van der Waals surface area contributed by atoms with Crippen molar-refractivity contribution >= 4 is 17.2 Å². The van der Waals surface area contributed by atoms with Crippen LogP contribution in [0.4, 0.5) is 4.39 Å². The molecule has 0 fully saturated rings. The van der Waals surface area contributed by atoms with Gasteiger partial charge >= 0.3 is 0 Å². The molecule has 32 heavy (non-hydrogen) atoms. The second-order valence-corrected chi connectivity index (χ2v) is 8.15. The lowest BCUT2D eigenvalue weighted by atomic mass is 10.1. The molecule has 3 aromatic rings. The highest BCUT2D eigenvalue weighted by atomic mass is 32.1. The lowest BCUT2D eigenvalue weighted by Crippen LogP contribution is -2.37. The number of aromatic nitrogens is 1. The molecule has 3 rings (SSSR count). The molecule has 0 aliphatic rings. The second kappa shape index (κ2) is 10.9. The third-order valence-electron chi connectivity index (χ3n) is 5.13. The van der Waals surface area contributed by atoms with Gasteiger partial charge in [0.15, 0.2) is 11.5 Å². The van der Waals surface area contributed by atoms with Crippen molar-refractivity contribution in [1.82, 2.24) is 9.88 Å². The summed E-state index contributed by atoms with van der Waals surface area (Å²) in [5, 5.41) is 2.69. The number of hydrogen-bond acceptors (Lipinski definition) is 6. The highest BCUT2D eigenvalue weighted by molar-refractivity contribution is 7.09. The van der Waals surface area contributed by atoms with Crippen molar-refractivity contribution in [3.63, 3.8) is 0 Å². The molecule has 170 valence electrons. The van der Waals surface area contributed by atoms with Crippen LogP contribution >= 0.6 is 11.3 Å². The van der Waals surface area contributed by atoms with Crippen LogP contribution in [0.15, 0.2) is 47.8 Å². The smallest absolute Gasteiger partial charge is 0.254 e. The molecule has 1 heterocycles. The first-order chi connectivity index (χ1) is 15.5. The lowest BCUT2D eigenvalue weighted by molar-refractivity contribution is 0.0669. The molecule has 6 nitrogen and oxygen atoms in total. The van der Waals surface area contributed by atoms with Crippen molar-refractivity contribution in [2.75, 3.05) is 14.2 Å². The molecule has 1 aromatic heterocycles. The Balaban J connectivity index is 1.72. The van der Waals surface area contributed by atoms with Crippen LogP contribution in [-0.2, 0) is 13.2 Å². The first-order valence-electron chi connectivity index (χ1n) is 10.3. The molecule has 0 aliphatic carbocycles. The summed E-state index contributed by atoms with van der Waals surface area (Å²) in [5.74, 6) is 1.15. The van der Waals surface area contributed by atoms with E-state index in [1.807, 2.05) is 25.3 Å². The van der Waals surface area contributed by atoms with Gasteiger partial charge in [-0.05, 0) is 49.7 Å². The quantitative estimate of drug-likeness (QED) is 0.412. The summed E-state index contributed by atoms with van der Waals surface area (Å²) in [6.07, 6.45) is 0.792. The summed E-state index contributed by atoms with van der Waals surface area (Å²) >= 11 is 1.46. The predicted octanol–water partition coefficient (Wildman–Crippen LogP) is 5.32. The SMILES string of the molecule is CC[C@H](C)N(Cc1csc(COc2c(OC)cccc2OC)n1)C(=O)c1ccc(F)cc1. The highest BCUT2D eigenvalue weighted by Crippen LogP contribution is 2.37. The van der Waals surface area contributed by atoms with E-state index in [1.165, 1.54) is 35.6 Å².